The van der Waals surface area contributed by atoms with Gasteiger partial charge in [-0.15, -0.1) is 0 Å². The van der Waals surface area contributed by atoms with E-state index in [1.54, 1.807) is 0 Å². The Morgan fingerprint density at radius 3 is 2.47 bits per heavy atom. The van der Waals surface area contributed by atoms with Crippen LogP contribution in [0.15, 0.2) is 18.2 Å². The minimum atomic E-state index is -0.276. The summed E-state index contributed by atoms with van der Waals surface area (Å²) in [5, 5.41) is 0. The molecule has 0 fully saturated rings. The van der Waals surface area contributed by atoms with Crippen molar-refractivity contribution >= 4 is 5.78 Å². The summed E-state index contributed by atoms with van der Waals surface area (Å²) >= 11 is 0. The van der Waals surface area contributed by atoms with Crippen LogP contribution in [0.3, 0.4) is 0 Å². The molecule has 3 heteroatoms. The van der Waals surface area contributed by atoms with Gasteiger partial charge < -0.3 is 9.47 Å². The predicted molar refractivity (Wildman–Crippen MR) is 74.9 cm³/mol. The number of fused-ring (bicyclic) bond motifs is 1. The lowest BCUT2D eigenvalue weighted by Crippen LogP contribution is -2.21. The van der Waals surface area contributed by atoms with Gasteiger partial charge in [0.25, 0.3) is 0 Å². The quantitative estimate of drug-likeness (QED) is 0.835. The van der Waals surface area contributed by atoms with E-state index in [0.717, 1.165) is 17.1 Å². The first-order valence-electron chi connectivity index (χ1n) is 6.81. The molecular weight excluding hydrogens is 240 g/mol. The highest BCUT2D eigenvalue weighted by Crippen LogP contribution is 2.34. The normalized spacial score (nSPS) is 16.0. The monoisotopic (exact) mass is 262 g/mol. The number of ether oxygens (including phenoxy) is 2. The number of hydrogen-bond donors (Lipinski definition) is 0. The van der Waals surface area contributed by atoms with E-state index in [9.17, 15) is 4.79 Å². The minimum Gasteiger partial charge on any atom is -0.486 e. The van der Waals surface area contributed by atoms with Crippen molar-refractivity contribution < 1.29 is 14.3 Å². The summed E-state index contributed by atoms with van der Waals surface area (Å²) in [5.41, 5.74) is 0.851. The van der Waals surface area contributed by atoms with E-state index >= 15 is 0 Å². The van der Waals surface area contributed by atoms with Crippen molar-refractivity contribution in [3.05, 3.63) is 23.8 Å². The second-order valence-electron chi connectivity index (χ2n) is 6.18. The van der Waals surface area contributed by atoms with Crippen molar-refractivity contribution in [3.63, 3.8) is 0 Å². The predicted octanol–water partition coefficient (Wildman–Crippen LogP) is 3.57. The largest absolute Gasteiger partial charge is 0.486 e. The van der Waals surface area contributed by atoms with Crippen LogP contribution in [-0.2, 0) is 4.79 Å². The fourth-order valence-electron chi connectivity index (χ4n) is 2.07. The Labute approximate surface area is 114 Å². The number of Topliss-reactive ketones (excluding diaryl/α,β-unsaturated/α-hetero) is 1. The maximum absolute atomic E-state index is 12.1. The second-order valence-corrected chi connectivity index (χ2v) is 6.18. The third kappa shape index (κ3) is 3.28. The Bertz CT molecular complexity index is 471. The number of rotatable bonds is 3. The van der Waals surface area contributed by atoms with E-state index in [0.29, 0.717) is 19.6 Å². The van der Waals surface area contributed by atoms with Gasteiger partial charge in [-0.25, -0.2) is 0 Å². The van der Waals surface area contributed by atoms with Gasteiger partial charge in [-0.2, -0.15) is 0 Å². The first-order chi connectivity index (χ1) is 8.88. The lowest BCUT2D eigenvalue weighted by atomic mass is 9.83. The molecule has 0 aromatic heterocycles. The summed E-state index contributed by atoms with van der Waals surface area (Å²) in [7, 11) is 0. The summed E-state index contributed by atoms with van der Waals surface area (Å²) < 4.78 is 11.1. The van der Waals surface area contributed by atoms with Gasteiger partial charge in [0.05, 0.1) is 0 Å². The highest BCUT2D eigenvalue weighted by atomic mass is 16.6. The molecule has 0 saturated heterocycles. The fraction of sp³-hybridized carbons (Fsp3) is 0.562. The standard InChI is InChI=1S/C16H22O3/c1-11(9-15(17)16(2,3)4)12-5-6-13-14(10-12)19-8-7-18-13/h5-6,10-11H,7-9H2,1-4H3. The number of carbonyl (C=O) groups is 1. The SMILES string of the molecule is CC(CC(=O)C(C)(C)C)c1ccc2c(c1)OCCO2. The van der Waals surface area contributed by atoms with Gasteiger partial charge in [-0.1, -0.05) is 33.8 Å². The van der Waals surface area contributed by atoms with Gasteiger partial charge in [-0.3, -0.25) is 4.79 Å². The topological polar surface area (TPSA) is 35.5 Å². The van der Waals surface area contributed by atoms with Crippen molar-refractivity contribution in [1.82, 2.24) is 0 Å². The zero-order valence-electron chi connectivity index (χ0n) is 12.2. The van der Waals surface area contributed by atoms with Crippen LogP contribution in [0.4, 0.5) is 0 Å². The Hall–Kier alpha value is -1.51. The van der Waals surface area contributed by atoms with Gasteiger partial charge in [0, 0.05) is 11.8 Å². The molecular formula is C16H22O3. The molecule has 1 aromatic rings. The summed E-state index contributed by atoms with van der Waals surface area (Å²) in [6, 6.07) is 5.95. The summed E-state index contributed by atoms with van der Waals surface area (Å²) in [6.07, 6.45) is 0.559. The average Bonchev–Trinajstić information content (AvgIpc) is 2.37. The van der Waals surface area contributed by atoms with Crippen LogP contribution in [0.5, 0.6) is 11.5 Å². The molecule has 19 heavy (non-hydrogen) atoms. The van der Waals surface area contributed by atoms with Crippen molar-refractivity contribution in [2.45, 2.75) is 40.0 Å². The van der Waals surface area contributed by atoms with E-state index in [1.807, 2.05) is 39.0 Å². The fourth-order valence-corrected chi connectivity index (χ4v) is 2.07. The Morgan fingerprint density at radius 2 is 1.84 bits per heavy atom. The molecule has 0 N–H and O–H groups in total. The molecule has 0 spiro atoms. The highest BCUT2D eigenvalue weighted by Gasteiger charge is 2.24. The molecule has 1 unspecified atom stereocenters. The molecule has 0 amide bonds. The Kier molecular flexibility index (Phi) is 3.83. The van der Waals surface area contributed by atoms with Crippen LogP contribution in [0.1, 0.15) is 45.6 Å². The molecule has 1 aliphatic rings. The number of carbonyl (C=O) groups excluding carboxylic acids is 1. The molecule has 0 radical (unpaired) electrons. The smallest absolute Gasteiger partial charge is 0.161 e. The van der Waals surface area contributed by atoms with E-state index in [2.05, 4.69) is 6.92 Å². The van der Waals surface area contributed by atoms with Crippen LogP contribution in [0.25, 0.3) is 0 Å². The van der Waals surface area contributed by atoms with Crippen molar-refractivity contribution in [1.29, 1.82) is 0 Å². The number of ketones is 1. The first kappa shape index (κ1) is 13.9. The molecule has 104 valence electrons. The molecule has 1 atom stereocenters. The lowest BCUT2D eigenvalue weighted by molar-refractivity contribution is -0.126. The Morgan fingerprint density at radius 1 is 1.21 bits per heavy atom. The van der Waals surface area contributed by atoms with Crippen LogP contribution >= 0.6 is 0 Å². The lowest BCUT2D eigenvalue weighted by Gasteiger charge is -2.22. The van der Waals surface area contributed by atoms with Gasteiger partial charge >= 0.3 is 0 Å². The van der Waals surface area contributed by atoms with Gasteiger partial charge in [0.1, 0.15) is 19.0 Å². The molecule has 0 aliphatic carbocycles. The molecule has 0 bridgehead atoms. The highest BCUT2D eigenvalue weighted by molar-refractivity contribution is 5.84. The van der Waals surface area contributed by atoms with Gasteiger partial charge in [-0.05, 0) is 23.6 Å². The molecule has 0 saturated carbocycles. The van der Waals surface area contributed by atoms with Crippen LogP contribution in [0, 0.1) is 5.41 Å². The second kappa shape index (κ2) is 5.24. The third-order valence-corrected chi connectivity index (χ3v) is 3.46. The molecule has 2 rings (SSSR count). The summed E-state index contributed by atoms with van der Waals surface area (Å²) in [4.78, 5) is 12.1. The van der Waals surface area contributed by atoms with Gasteiger partial charge in [0.2, 0.25) is 0 Å². The zero-order valence-corrected chi connectivity index (χ0v) is 12.2. The zero-order chi connectivity index (χ0) is 14.0. The van der Waals surface area contributed by atoms with Crippen molar-refractivity contribution in [2.24, 2.45) is 5.41 Å². The Balaban J connectivity index is 2.11. The van der Waals surface area contributed by atoms with Crippen molar-refractivity contribution in [3.8, 4) is 11.5 Å². The maximum atomic E-state index is 12.1. The minimum absolute atomic E-state index is 0.197. The first-order valence-corrected chi connectivity index (χ1v) is 6.81. The number of benzene rings is 1. The average molecular weight is 262 g/mol. The molecule has 1 aromatic carbocycles. The molecule has 3 nitrogen and oxygen atoms in total. The van der Waals surface area contributed by atoms with Gasteiger partial charge in [0.15, 0.2) is 11.5 Å². The summed E-state index contributed by atoms with van der Waals surface area (Å²) in [5.74, 6) is 2.07. The van der Waals surface area contributed by atoms with Crippen LogP contribution < -0.4 is 9.47 Å². The number of hydrogen-bond acceptors (Lipinski definition) is 3. The maximum Gasteiger partial charge on any atom is 0.161 e. The summed E-state index contributed by atoms with van der Waals surface area (Å²) in [6.45, 7) is 9.16. The third-order valence-electron chi connectivity index (χ3n) is 3.46. The van der Waals surface area contributed by atoms with Crippen molar-refractivity contribution in [2.75, 3.05) is 13.2 Å². The van der Waals surface area contributed by atoms with E-state index < -0.39 is 0 Å². The van der Waals surface area contributed by atoms with Crippen LogP contribution in [0.2, 0.25) is 0 Å². The van der Waals surface area contributed by atoms with E-state index in [4.69, 9.17) is 9.47 Å². The van der Waals surface area contributed by atoms with Crippen LogP contribution in [-0.4, -0.2) is 19.0 Å². The molecule has 1 heterocycles. The van der Waals surface area contributed by atoms with E-state index in [1.165, 1.54) is 0 Å². The van der Waals surface area contributed by atoms with E-state index in [-0.39, 0.29) is 17.1 Å². The molecule has 1 aliphatic heterocycles.